The predicted octanol–water partition coefficient (Wildman–Crippen LogP) is 3.57. The molecule has 2 aromatic carbocycles. The number of aryl methyl sites for hydroxylation is 2. The Bertz CT molecular complexity index is 881. The highest BCUT2D eigenvalue weighted by Gasteiger charge is 2.39. The molecule has 0 radical (unpaired) electrons. The molecule has 1 aliphatic heterocycles. The molecule has 1 heterocycles. The van der Waals surface area contributed by atoms with Gasteiger partial charge in [-0.25, -0.2) is 14.1 Å². The van der Waals surface area contributed by atoms with E-state index in [1.54, 1.807) is 13.0 Å². The van der Waals surface area contributed by atoms with Crippen LogP contribution in [0.25, 0.3) is 0 Å². The molecule has 1 unspecified atom stereocenters. The maximum Gasteiger partial charge on any atom is 0.325 e. The molecule has 0 aliphatic carbocycles. The Labute approximate surface area is 170 Å². The Hall–Kier alpha value is -3.22. The quantitative estimate of drug-likeness (QED) is 0.755. The van der Waals surface area contributed by atoms with E-state index < -0.39 is 29.7 Å². The Kier molecular flexibility index (Phi) is 7.47. The number of carbonyl (C=O) groups excluding carboxylic acids is 3. The molecule has 3 rings (SSSR count). The first-order chi connectivity index (χ1) is 13.8. The summed E-state index contributed by atoms with van der Waals surface area (Å²) in [4.78, 5) is 38.0. The van der Waals surface area contributed by atoms with Crippen molar-refractivity contribution in [3.8, 4) is 0 Å². The minimum atomic E-state index is -1.08. The fourth-order valence-electron chi connectivity index (χ4n) is 2.94. The van der Waals surface area contributed by atoms with Crippen LogP contribution in [0.2, 0.25) is 0 Å². The molecule has 4 amide bonds. The topological polar surface area (TPSA) is 78.5 Å². The lowest BCUT2D eigenvalue weighted by Crippen LogP contribution is -2.49. The number of nitrogens with zero attached hydrogens (tertiary/aromatic N) is 1. The van der Waals surface area contributed by atoms with Gasteiger partial charge in [-0.05, 0) is 37.1 Å². The minimum Gasteiger partial charge on any atom is -0.329 e. The molecule has 29 heavy (non-hydrogen) atoms. The molecule has 1 aliphatic rings. The highest BCUT2D eigenvalue weighted by Crippen LogP contribution is 2.19. The number of nitrogens with one attached hydrogen (secondary N) is 2. The van der Waals surface area contributed by atoms with Gasteiger partial charge in [0.1, 0.15) is 11.9 Å². The van der Waals surface area contributed by atoms with Gasteiger partial charge in [0.15, 0.2) is 0 Å². The Morgan fingerprint density at radius 3 is 2.28 bits per heavy atom. The van der Waals surface area contributed by atoms with Crippen LogP contribution in [-0.2, 0) is 16.0 Å². The Morgan fingerprint density at radius 1 is 1.10 bits per heavy atom. The molecule has 0 spiro atoms. The minimum absolute atomic E-state index is 0.00607. The van der Waals surface area contributed by atoms with Gasteiger partial charge in [0.05, 0.1) is 12.2 Å². The van der Waals surface area contributed by atoms with Gasteiger partial charge >= 0.3 is 6.03 Å². The van der Waals surface area contributed by atoms with Gasteiger partial charge in [-0.15, -0.1) is 0 Å². The van der Waals surface area contributed by atoms with E-state index in [0.29, 0.717) is 0 Å². The van der Waals surface area contributed by atoms with Gasteiger partial charge in [0, 0.05) is 6.42 Å². The van der Waals surface area contributed by atoms with Gasteiger partial charge in [-0.2, -0.15) is 0 Å². The third kappa shape index (κ3) is 5.40. The predicted molar refractivity (Wildman–Crippen MR) is 110 cm³/mol. The summed E-state index contributed by atoms with van der Waals surface area (Å²) >= 11 is 0. The molecular weight excluding hydrogens is 373 g/mol. The van der Waals surface area contributed by atoms with Crippen molar-refractivity contribution in [3.05, 3.63) is 65.0 Å². The summed E-state index contributed by atoms with van der Waals surface area (Å²) in [5.41, 5.74) is 2.57. The number of rotatable bonds is 5. The zero-order chi connectivity index (χ0) is 21.6. The number of imide groups is 1. The Balaban J connectivity index is 0.00000145. The number of urea groups is 1. The van der Waals surface area contributed by atoms with E-state index in [1.165, 1.54) is 12.1 Å². The van der Waals surface area contributed by atoms with Crippen LogP contribution in [0.15, 0.2) is 42.5 Å². The van der Waals surface area contributed by atoms with Crippen molar-refractivity contribution in [3.63, 3.8) is 0 Å². The number of carbonyl (C=O) groups is 3. The van der Waals surface area contributed by atoms with Crippen molar-refractivity contribution in [1.29, 1.82) is 0 Å². The van der Waals surface area contributed by atoms with Crippen LogP contribution in [0.3, 0.4) is 0 Å². The zero-order valence-electron chi connectivity index (χ0n) is 17.1. The molecule has 0 saturated carbocycles. The summed E-state index contributed by atoms with van der Waals surface area (Å²) in [6.45, 7) is 7.52. The standard InChI is InChI=1S/C20H20FN3O3.C2H6/c1-12-3-6-14(7-4-12)10-17(24-18(25)11-22-20(24)27)19(26)23-16-8-5-13(2)9-15(16)21;1-2/h3-9,17H,10-11H2,1-2H3,(H,22,27)(H,23,26);1-2H3. The lowest BCUT2D eigenvalue weighted by atomic mass is 10.0. The molecular formula is C22H26FN3O3. The molecule has 6 nitrogen and oxygen atoms in total. The van der Waals surface area contributed by atoms with Crippen molar-refractivity contribution in [2.24, 2.45) is 0 Å². The average Bonchev–Trinajstić information content (AvgIpc) is 3.03. The van der Waals surface area contributed by atoms with Crippen LogP contribution in [-0.4, -0.2) is 35.3 Å². The maximum absolute atomic E-state index is 14.1. The summed E-state index contributed by atoms with van der Waals surface area (Å²) < 4.78 is 14.1. The average molecular weight is 399 g/mol. The van der Waals surface area contributed by atoms with E-state index in [-0.39, 0.29) is 18.7 Å². The first kappa shape index (κ1) is 22.1. The highest BCUT2D eigenvalue weighted by atomic mass is 19.1. The molecule has 1 atom stereocenters. The van der Waals surface area contributed by atoms with Crippen LogP contribution in [0, 0.1) is 19.7 Å². The number of amides is 4. The van der Waals surface area contributed by atoms with Gasteiger partial charge in [-0.1, -0.05) is 49.7 Å². The molecule has 0 aromatic heterocycles. The van der Waals surface area contributed by atoms with E-state index in [9.17, 15) is 18.8 Å². The molecule has 7 heteroatoms. The van der Waals surface area contributed by atoms with E-state index in [2.05, 4.69) is 10.6 Å². The fourth-order valence-corrected chi connectivity index (χ4v) is 2.94. The normalized spacial score (nSPS) is 14.0. The largest absolute Gasteiger partial charge is 0.329 e. The molecule has 0 bridgehead atoms. The summed E-state index contributed by atoms with van der Waals surface area (Å²) in [5.74, 6) is -1.69. The number of benzene rings is 2. The van der Waals surface area contributed by atoms with Crippen LogP contribution in [0.4, 0.5) is 14.9 Å². The van der Waals surface area contributed by atoms with Gasteiger partial charge in [-0.3, -0.25) is 9.59 Å². The summed E-state index contributed by atoms with van der Waals surface area (Å²) in [6.07, 6.45) is 0.138. The van der Waals surface area contributed by atoms with Crippen LogP contribution >= 0.6 is 0 Å². The van der Waals surface area contributed by atoms with Gasteiger partial charge in [0.2, 0.25) is 5.91 Å². The van der Waals surface area contributed by atoms with E-state index in [1.807, 2.05) is 45.0 Å². The van der Waals surface area contributed by atoms with Gasteiger partial charge < -0.3 is 10.6 Å². The van der Waals surface area contributed by atoms with Crippen LogP contribution in [0.5, 0.6) is 0 Å². The van der Waals surface area contributed by atoms with E-state index in [0.717, 1.165) is 21.6 Å². The Morgan fingerprint density at radius 2 is 1.72 bits per heavy atom. The smallest absolute Gasteiger partial charge is 0.325 e. The number of anilines is 1. The third-order valence-corrected chi connectivity index (χ3v) is 4.42. The number of hydrogen-bond acceptors (Lipinski definition) is 3. The number of halogens is 1. The second kappa shape index (κ2) is 9.82. The second-order valence-electron chi connectivity index (χ2n) is 6.60. The summed E-state index contributed by atoms with van der Waals surface area (Å²) in [7, 11) is 0. The molecule has 154 valence electrons. The van der Waals surface area contributed by atoms with Crippen molar-refractivity contribution in [1.82, 2.24) is 10.2 Å². The lowest BCUT2D eigenvalue weighted by Gasteiger charge is -2.24. The zero-order valence-corrected chi connectivity index (χ0v) is 17.1. The monoisotopic (exact) mass is 399 g/mol. The van der Waals surface area contributed by atoms with Crippen molar-refractivity contribution >= 4 is 23.5 Å². The maximum atomic E-state index is 14.1. The summed E-state index contributed by atoms with van der Waals surface area (Å²) in [5, 5.41) is 4.92. The molecule has 2 N–H and O–H groups in total. The molecule has 2 aromatic rings. The lowest BCUT2D eigenvalue weighted by molar-refractivity contribution is -0.132. The van der Waals surface area contributed by atoms with E-state index >= 15 is 0 Å². The van der Waals surface area contributed by atoms with Crippen molar-refractivity contribution in [2.45, 2.75) is 40.2 Å². The number of hydrogen-bond donors (Lipinski definition) is 2. The SMILES string of the molecule is CC.Cc1ccc(CC(C(=O)Nc2ccc(C)cc2F)N2C(=O)CNC2=O)cc1. The third-order valence-electron chi connectivity index (χ3n) is 4.42. The van der Waals surface area contributed by atoms with Gasteiger partial charge in [0.25, 0.3) is 5.91 Å². The van der Waals surface area contributed by atoms with Crippen molar-refractivity contribution < 1.29 is 18.8 Å². The highest BCUT2D eigenvalue weighted by molar-refractivity contribution is 6.07. The summed E-state index contributed by atoms with van der Waals surface area (Å²) in [6, 6.07) is 10.2. The molecule has 1 saturated heterocycles. The van der Waals surface area contributed by atoms with Crippen molar-refractivity contribution in [2.75, 3.05) is 11.9 Å². The van der Waals surface area contributed by atoms with E-state index in [4.69, 9.17) is 0 Å². The first-order valence-electron chi connectivity index (χ1n) is 9.57. The fraction of sp³-hybridized carbons (Fsp3) is 0.318. The molecule has 1 fully saturated rings. The van der Waals surface area contributed by atoms with Crippen LogP contribution < -0.4 is 10.6 Å². The first-order valence-corrected chi connectivity index (χ1v) is 9.57. The van der Waals surface area contributed by atoms with Crippen LogP contribution in [0.1, 0.15) is 30.5 Å². The second-order valence-corrected chi connectivity index (χ2v) is 6.60.